The van der Waals surface area contributed by atoms with Crippen LogP contribution in [0.25, 0.3) is 0 Å². The normalized spacial score (nSPS) is 10.6. The van der Waals surface area contributed by atoms with Gasteiger partial charge in [-0.3, -0.25) is 0 Å². The van der Waals surface area contributed by atoms with Gasteiger partial charge in [0.25, 0.3) is 0 Å². The number of aliphatic hydroxyl groups excluding tert-OH is 1. The van der Waals surface area contributed by atoms with Crippen molar-refractivity contribution >= 4 is 15.9 Å². The number of aliphatic hydroxyl groups is 1. The molecular formula is C12H14BrN3O2. The maximum Gasteiger partial charge on any atom is 0.124 e. The molecule has 0 saturated carbocycles. The molecule has 0 aliphatic rings. The van der Waals surface area contributed by atoms with Gasteiger partial charge in [0.15, 0.2) is 0 Å². The summed E-state index contributed by atoms with van der Waals surface area (Å²) < 4.78 is 8.03. The number of hydrogen-bond donors (Lipinski definition) is 1. The van der Waals surface area contributed by atoms with E-state index < -0.39 is 0 Å². The van der Waals surface area contributed by atoms with Gasteiger partial charge in [-0.25, -0.2) is 4.68 Å². The first-order valence-electron chi connectivity index (χ1n) is 5.55. The molecule has 0 spiro atoms. The standard InChI is InChI=1S/C12H14BrN3O2/c1-18-12-3-2-10(13)6-9(12)7-16-8-11(4-5-17)14-15-16/h2-3,6,8,17H,4-5,7H2,1H3. The minimum atomic E-state index is 0.0822. The zero-order valence-corrected chi connectivity index (χ0v) is 11.6. The highest BCUT2D eigenvalue weighted by molar-refractivity contribution is 9.10. The summed E-state index contributed by atoms with van der Waals surface area (Å²) in [4.78, 5) is 0. The summed E-state index contributed by atoms with van der Waals surface area (Å²) in [6.45, 7) is 0.667. The van der Waals surface area contributed by atoms with E-state index in [1.54, 1.807) is 11.8 Å². The second-order valence-corrected chi connectivity index (χ2v) is 4.75. The first-order valence-corrected chi connectivity index (χ1v) is 6.34. The average molecular weight is 312 g/mol. The lowest BCUT2D eigenvalue weighted by Gasteiger charge is -2.08. The summed E-state index contributed by atoms with van der Waals surface area (Å²) in [5, 5.41) is 16.8. The summed E-state index contributed by atoms with van der Waals surface area (Å²) in [7, 11) is 1.64. The first kappa shape index (κ1) is 13.0. The van der Waals surface area contributed by atoms with E-state index in [4.69, 9.17) is 9.84 Å². The number of methoxy groups -OCH3 is 1. The average Bonchev–Trinajstić information content (AvgIpc) is 2.77. The van der Waals surface area contributed by atoms with Crippen LogP contribution in [0.5, 0.6) is 5.75 Å². The maximum absolute atomic E-state index is 8.83. The molecule has 1 aromatic carbocycles. The molecule has 0 saturated heterocycles. The van der Waals surface area contributed by atoms with E-state index in [2.05, 4.69) is 26.2 Å². The molecule has 5 nitrogen and oxygen atoms in total. The van der Waals surface area contributed by atoms with Crippen molar-refractivity contribution in [2.24, 2.45) is 0 Å². The minimum absolute atomic E-state index is 0.0822. The molecule has 2 aromatic rings. The molecule has 1 heterocycles. The quantitative estimate of drug-likeness (QED) is 0.912. The van der Waals surface area contributed by atoms with E-state index in [0.717, 1.165) is 21.5 Å². The second-order valence-electron chi connectivity index (χ2n) is 3.84. The Hall–Kier alpha value is -1.40. The van der Waals surface area contributed by atoms with Gasteiger partial charge in [0.1, 0.15) is 5.75 Å². The number of benzene rings is 1. The molecule has 2 rings (SSSR count). The van der Waals surface area contributed by atoms with E-state index in [9.17, 15) is 0 Å². The summed E-state index contributed by atoms with van der Waals surface area (Å²) in [6.07, 6.45) is 2.35. The highest BCUT2D eigenvalue weighted by Crippen LogP contribution is 2.23. The van der Waals surface area contributed by atoms with Crippen LogP contribution in [-0.2, 0) is 13.0 Å². The van der Waals surface area contributed by atoms with Gasteiger partial charge in [-0.05, 0) is 18.2 Å². The van der Waals surface area contributed by atoms with Crippen LogP contribution < -0.4 is 4.74 Å². The monoisotopic (exact) mass is 311 g/mol. The zero-order chi connectivity index (χ0) is 13.0. The topological polar surface area (TPSA) is 60.2 Å². The molecule has 0 fully saturated rings. The molecule has 1 aromatic heterocycles. The second kappa shape index (κ2) is 5.97. The summed E-state index contributed by atoms with van der Waals surface area (Å²) >= 11 is 3.44. The predicted octanol–water partition coefficient (Wildman–Crippen LogP) is 1.63. The summed E-state index contributed by atoms with van der Waals surface area (Å²) in [6, 6.07) is 5.83. The van der Waals surface area contributed by atoms with Crippen LogP contribution in [0.15, 0.2) is 28.9 Å². The number of ether oxygens (including phenoxy) is 1. The van der Waals surface area contributed by atoms with Gasteiger partial charge in [-0.2, -0.15) is 0 Å². The highest BCUT2D eigenvalue weighted by atomic mass is 79.9. The van der Waals surface area contributed by atoms with E-state index >= 15 is 0 Å². The molecule has 1 N–H and O–H groups in total. The van der Waals surface area contributed by atoms with Crippen molar-refractivity contribution in [3.05, 3.63) is 40.1 Å². The third-order valence-electron chi connectivity index (χ3n) is 2.53. The Morgan fingerprint density at radius 3 is 3.00 bits per heavy atom. The molecule has 0 unspecified atom stereocenters. The van der Waals surface area contributed by atoms with E-state index in [1.807, 2.05) is 24.4 Å². The van der Waals surface area contributed by atoms with Crippen molar-refractivity contribution in [3.8, 4) is 5.75 Å². The first-order chi connectivity index (χ1) is 8.72. The molecule has 18 heavy (non-hydrogen) atoms. The SMILES string of the molecule is COc1ccc(Br)cc1Cn1cc(CCO)nn1. The van der Waals surface area contributed by atoms with Gasteiger partial charge >= 0.3 is 0 Å². The van der Waals surface area contributed by atoms with Gasteiger partial charge in [0.05, 0.1) is 19.3 Å². The number of halogens is 1. The van der Waals surface area contributed by atoms with E-state index in [0.29, 0.717) is 13.0 Å². The lowest BCUT2D eigenvalue weighted by molar-refractivity contribution is 0.298. The molecule has 0 aliphatic carbocycles. The van der Waals surface area contributed by atoms with Gasteiger partial charge < -0.3 is 9.84 Å². The van der Waals surface area contributed by atoms with Crippen LogP contribution in [0, 0.1) is 0 Å². The Morgan fingerprint density at radius 2 is 2.28 bits per heavy atom. The minimum Gasteiger partial charge on any atom is -0.496 e. The van der Waals surface area contributed by atoms with E-state index in [1.165, 1.54) is 0 Å². The smallest absolute Gasteiger partial charge is 0.124 e. The van der Waals surface area contributed by atoms with Gasteiger partial charge in [-0.1, -0.05) is 21.1 Å². The van der Waals surface area contributed by atoms with Crippen molar-refractivity contribution < 1.29 is 9.84 Å². The van der Waals surface area contributed by atoms with Gasteiger partial charge in [0, 0.05) is 29.3 Å². The predicted molar refractivity (Wildman–Crippen MR) is 70.6 cm³/mol. The highest BCUT2D eigenvalue weighted by Gasteiger charge is 2.06. The molecule has 0 atom stereocenters. The molecule has 96 valence electrons. The molecule has 0 aliphatic heterocycles. The molecule has 0 radical (unpaired) electrons. The fraction of sp³-hybridized carbons (Fsp3) is 0.333. The van der Waals surface area contributed by atoms with Crippen LogP contribution in [0.2, 0.25) is 0 Å². The van der Waals surface area contributed by atoms with Crippen LogP contribution in [0.4, 0.5) is 0 Å². The number of rotatable bonds is 5. The van der Waals surface area contributed by atoms with Gasteiger partial charge in [-0.15, -0.1) is 5.10 Å². The molecular weight excluding hydrogens is 298 g/mol. The summed E-state index contributed by atoms with van der Waals surface area (Å²) in [5.41, 5.74) is 1.80. The Balaban J connectivity index is 2.19. The van der Waals surface area contributed by atoms with Crippen LogP contribution >= 0.6 is 15.9 Å². The van der Waals surface area contributed by atoms with Gasteiger partial charge in [0.2, 0.25) is 0 Å². The molecule has 0 amide bonds. The summed E-state index contributed by atoms with van der Waals surface area (Å²) in [5.74, 6) is 0.817. The maximum atomic E-state index is 8.83. The lowest BCUT2D eigenvalue weighted by atomic mass is 10.2. The fourth-order valence-electron chi connectivity index (χ4n) is 1.69. The Morgan fingerprint density at radius 1 is 1.44 bits per heavy atom. The number of nitrogens with zero attached hydrogens (tertiary/aromatic N) is 3. The van der Waals surface area contributed by atoms with Crippen molar-refractivity contribution in [1.82, 2.24) is 15.0 Å². The number of aromatic nitrogens is 3. The Labute approximate surface area is 114 Å². The van der Waals surface area contributed by atoms with E-state index in [-0.39, 0.29) is 6.61 Å². The number of hydrogen-bond acceptors (Lipinski definition) is 4. The van der Waals surface area contributed by atoms with Crippen molar-refractivity contribution in [3.63, 3.8) is 0 Å². The lowest BCUT2D eigenvalue weighted by Crippen LogP contribution is -2.02. The van der Waals surface area contributed by atoms with Crippen molar-refractivity contribution in [2.45, 2.75) is 13.0 Å². The largest absolute Gasteiger partial charge is 0.496 e. The van der Waals surface area contributed by atoms with Crippen LogP contribution in [0.3, 0.4) is 0 Å². The fourth-order valence-corrected chi connectivity index (χ4v) is 2.10. The third kappa shape index (κ3) is 3.08. The third-order valence-corrected chi connectivity index (χ3v) is 3.02. The van der Waals surface area contributed by atoms with Crippen LogP contribution in [0.1, 0.15) is 11.3 Å². The van der Waals surface area contributed by atoms with Crippen molar-refractivity contribution in [1.29, 1.82) is 0 Å². The molecule has 6 heteroatoms. The Kier molecular flexibility index (Phi) is 4.33. The van der Waals surface area contributed by atoms with Crippen molar-refractivity contribution in [2.75, 3.05) is 13.7 Å². The zero-order valence-electron chi connectivity index (χ0n) is 10.0. The Bertz CT molecular complexity index is 528. The van der Waals surface area contributed by atoms with Crippen LogP contribution in [-0.4, -0.2) is 33.8 Å². The molecule has 0 bridgehead atoms.